The summed E-state index contributed by atoms with van der Waals surface area (Å²) >= 11 is 0. The molecule has 0 fully saturated rings. The molecule has 1 N–H and O–H groups in total. The Bertz CT molecular complexity index is 300. The second-order valence-electron chi connectivity index (χ2n) is 2.55. The molecule has 0 saturated carbocycles. The van der Waals surface area contributed by atoms with Gasteiger partial charge in [0.2, 0.25) is 0 Å². The monoisotopic (exact) mass is 160 g/mol. The zero-order valence-corrected chi connectivity index (χ0v) is 6.96. The Labute approximate surface area is 72.7 Å². The first-order valence-corrected chi connectivity index (χ1v) is 3.80. The normalized spacial score (nSPS) is 9.42. The van der Waals surface area contributed by atoms with Gasteiger partial charge in [0.25, 0.3) is 0 Å². The van der Waals surface area contributed by atoms with E-state index in [1.54, 1.807) is 6.08 Å². The highest BCUT2D eigenvalue weighted by Gasteiger charge is 2.00. The maximum atomic E-state index is 8.87. The van der Waals surface area contributed by atoms with E-state index in [4.69, 9.17) is 5.11 Å². The van der Waals surface area contributed by atoms with Crippen LogP contribution in [0, 0.1) is 0 Å². The van der Waals surface area contributed by atoms with Crippen molar-refractivity contribution in [3.8, 4) is 0 Å². The predicted octanol–water partition coefficient (Wildman–Crippen LogP) is 2.34. The maximum Gasteiger partial charge on any atom is 0.0682 e. The number of hydrogen-bond donors (Lipinski definition) is 1. The van der Waals surface area contributed by atoms with E-state index in [2.05, 4.69) is 13.2 Å². The van der Waals surface area contributed by atoms with Gasteiger partial charge in [-0.25, -0.2) is 0 Å². The Balaban J connectivity index is 3.13. The third-order valence-corrected chi connectivity index (χ3v) is 1.75. The number of rotatable bonds is 3. The summed E-state index contributed by atoms with van der Waals surface area (Å²) in [5.74, 6) is 0. The van der Waals surface area contributed by atoms with Gasteiger partial charge in [-0.05, 0) is 16.7 Å². The lowest BCUT2D eigenvalue weighted by atomic mass is 10.0. The molecule has 0 aliphatic rings. The minimum atomic E-state index is -0.00907. The van der Waals surface area contributed by atoms with E-state index in [-0.39, 0.29) is 6.61 Å². The fourth-order valence-corrected chi connectivity index (χ4v) is 1.08. The topological polar surface area (TPSA) is 20.2 Å². The molecule has 0 aromatic heterocycles. The first kappa shape index (κ1) is 8.75. The largest absolute Gasteiger partial charge is 0.392 e. The van der Waals surface area contributed by atoms with E-state index in [0.717, 1.165) is 16.7 Å². The lowest BCUT2D eigenvalue weighted by Gasteiger charge is -2.05. The van der Waals surface area contributed by atoms with E-state index >= 15 is 0 Å². The zero-order valence-electron chi connectivity index (χ0n) is 6.96. The van der Waals surface area contributed by atoms with Crippen LogP contribution in [0.1, 0.15) is 11.1 Å². The van der Waals surface area contributed by atoms with Crippen molar-refractivity contribution in [1.82, 2.24) is 0 Å². The van der Waals surface area contributed by atoms with E-state index in [9.17, 15) is 0 Å². The summed E-state index contributed by atoms with van der Waals surface area (Å²) in [7, 11) is 0. The Kier molecular flexibility index (Phi) is 2.83. The maximum absolute atomic E-state index is 8.87. The van der Waals surface area contributed by atoms with Crippen molar-refractivity contribution in [2.45, 2.75) is 0 Å². The molecule has 0 radical (unpaired) electrons. The van der Waals surface area contributed by atoms with E-state index in [1.165, 1.54) is 0 Å². The summed E-state index contributed by atoms with van der Waals surface area (Å²) in [5.41, 5.74) is 2.71. The average Bonchev–Trinajstić information content (AvgIpc) is 2.16. The first-order chi connectivity index (χ1) is 5.79. The van der Waals surface area contributed by atoms with Gasteiger partial charge in [0.15, 0.2) is 0 Å². The Morgan fingerprint density at radius 3 is 2.67 bits per heavy atom. The van der Waals surface area contributed by atoms with Crippen molar-refractivity contribution in [3.63, 3.8) is 0 Å². The van der Waals surface area contributed by atoms with Gasteiger partial charge in [0.05, 0.1) is 6.61 Å². The molecular weight excluding hydrogens is 148 g/mol. The lowest BCUT2D eigenvalue weighted by Crippen LogP contribution is -1.90. The number of hydrogen-bond acceptors (Lipinski definition) is 1. The quantitative estimate of drug-likeness (QED) is 0.719. The summed E-state index contributed by atoms with van der Waals surface area (Å²) in [4.78, 5) is 0. The van der Waals surface area contributed by atoms with E-state index < -0.39 is 0 Å². The molecule has 1 nitrogen and oxygen atoms in total. The second-order valence-corrected chi connectivity index (χ2v) is 2.55. The van der Waals surface area contributed by atoms with Crippen LogP contribution >= 0.6 is 0 Å². The molecule has 0 bridgehead atoms. The summed E-state index contributed by atoms with van der Waals surface area (Å²) < 4.78 is 0. The molecule has 0 unspecified atom stereocenters. The minimum Gasteiger partial charge on any atom is -0.392 e. The molecule has 62 valence electrons. The molecule has 1 heteroatoms. The fraction of sp³-hybridized carbons (Fsp3) is 0.0909. The number of benzene rings is 1. The van der Waals surface area contributed by atoms with Crippen LogP contribution in [0.25, 0.3) is 11.6 Å². The van der Waals surface area contributed by atoms with Crippen molar-refractivity contribution in [3.05, 3.63) is 48.6 Å². The Morgan fingerprint density at radius 2 is 2.08 bits per heavy atom. The highest BCUT2D eigenvalue weighted by molar-refractivity contribution is 5.72. The number of aliphatic hydroxyl groups excluding tert-OH is 1. The zero-order chi connectivity index (χ0) is 8.97. The Hall–Kier alpha value is -1.34. The molecule has 12 heavy (non-hydrogen) atoms. The van der Waals surface area contributed by atoms with Crippen LogP contribution < -0.4 is 0 Å². The highest BCUT2D eigenvalue weighted by Crippen LogP contribution is 2.17. The molecule has 0 aliphatic heterocycles. The molecule has 0 heterocycles. The molecule has 0 spiro atoms. The molecule has 0 aliphatic carbocycles. The molecule has 0 atom stereocenters. The first-order valence-electron chi connectivity index (χ1n) is 3.80. The van der Waals surface area contributed by atoms with E-state index in [1.807, 2.05) is 24.3 Å². The van der Waals surface area contributed by atoms with E-state index in [0.29, 0.717) is 0 Å². The molecule has 1 aromatic carbocycles. The van der Waals surface area contributed by atoms with Crippen LogP contribution in [0.5, 0.6) is 0 Å². The van der Waals surface area contributed by atoms with Crippen LogP contribution in [0.4, 0.5) is 0 Å². The van der Waals surface area contributed by atoms with Crippen molar-refractivity contribution in [2.75, 3.05) is 6.61 Å². The Morgan fingerprint density at radius 1 is 1.42 bits per heavy atom. The number of aliphatic hydroxyl groups is 1. The van der Waals surface area contributed by atoms with Gasteiger partial charge in [0, 0.05) is 0 Å². The third-order valence-electron chi connectivity index (χ3n) is 1.75. The standard InChI is InChI=1S/C11H12O/c1-3-10-6-4-5-7-11(10)9(2)8-12/h3-7,12H,1-2,8H2. The average molecular weight is 160 g/mol. The van der Waals surface area contributed by atoms with Crippen molar-refractivity contribution >= 4 is 11.6 Å². The second kappa shape index (κ2) is 3.88. The summed E-state index contributed by atoms with van der Waals surface area (Å²) in [6.45, 7) is 7.43. The van der Waals surface area contributed by atoms with Crippen LogP contribution in [-0.4, -0.2) is 11.7 Å². The van der Waals surface area contributed by atoms with Crippen LogP contribution in [0.15, 0.2) is 37.4 Å². The SMILES string of the molecule is C=Cc1ccccc1C(=C)CO. The van der Waals surface area contributed by atoms with Gasteiger partial charge >= 0.3 is 0 Å². The van der Waals surface area contributed by atoms with Gasteiger partial charge < -0.3 is 5.11 Å². The highest BCUT2D eigenvalue weighted by atomic mass is 16.3. The van der Waals surface area contributed by atoms with Gasteiger partial charge in [-0.3, -0.25) is 0 Å². The van der Waals surface area contributed by atoms with Gasteiger partial charge in [-0.15, -0.1) is 0 Å². The predicted molar refractivity (Wildman–Crippen MR) is 52.7 cm³/mol. The van der Waals surface area contributed by atoms with Gasteiger partial charge in [-0.1, -0.05) is 43.5 Å². The summed E-state index contributed by atoms with van der Waals surface area (Å²) in [6, 6.07) is 7.73. The fourth-order valence-electron chi connectivity index (χ4n) is 1.08. The molecule has 1 rings (SSSR count). The van der Waals surface area contributed by atoms with Crippen LogP contribution in [0.2, 0.25) is 0 Å². The van der Waals surface area contributed by atoms with Gasteiger partial charge in [0.1, 0.15) is 0 Å². The molecule has 1 aromatic rings. The van der Waals surface area contributed by atoms with Crippen molar-refractivity contribution in [2.24, 2.45) is 0 Å². The molecule has 0 amide bonds. The molecule has 0 saturated heterocycles. The van der Waals surface area contributed by atoms with Crippen LogP contribution in [-0.2, 0) is 0 Å². The van der Waals surface area contributed by atoms with Crippen LogP contribution in [0.3, 0.4) is 0 Å². The smallest absolute Gasteiger partial charge is 0.0682 e. The summed E-state index contributed by atoms with van der Waals surface area (Å²) in [5, 5.41) is 8.87. The lowest BCUT2D eigenvalue weighted by molar-refractivity contribution is 0.350. The summed E-state index contributed by atoms with van der Waals surface area (Å²) in [6.07, 6.45) is 1.76. The van der Waals surface area contributed by atoms with Gasteiger partial charge in [-0.2, -0.15) is 0 Å². The third kappa shape index (κ3) is 1.63. The minimum absolute atomic E-state index is 0.00907. The van der Waals surface area contributed by atoms with Crippen molar-refractivity contribution < 1.29 is 5.11 Å². The van der Waals surface area contributed by atoms with Crippen molar-refractivity contribution in [1.29, 1.82) is 0 Å². The molecular formula is C11H12O.